The van der Waals surface area contributed by atoms with E-state index in [2.05, 4.69) is 15.6 Å². The first kappa shape index (κ1) is 20.8. The van der Waals surface area contributed by atoms with Gasteiger partial charge in [-0.15, -0.1) is 0 Å². The Morgan fingerprint density at radius 3 is 2.77 bits per heavy atom. The number of fused-ring (bicyclic) bond motifs is 1. The number of benzene rings is 2. The highest BCUT2D eigenvalue weighted by molar-refractivity contribution is 7.89. The quantitative estimate of drug-likeness (QED) is 0.568. The number of rotatable bonds is 3. The Morgan fingerprint density at radius 1 is 1.32 bits per heavy atom. The lowest BCUT2D eigenvalue weighted by Crippen LogP contribution is -2.61. The van der Waals surface area contributed by atoms with Gasteiger partial charge in [0.1, 0.15) is 11.3 Å². The van der Waals surface area contributed by atoms with Crippen molar-refractivity contribution < 1.29 is 22.0 Å². The van der Waals surface area contributed by atoms with Crippen LogP contribution in [-0.2, 0) is 15.6 Å². The van der Waals surface area contributed by atoms with Gasteiger partial charge in [-0.25, -0.2) is 22.1 Å². The molecule has 1 aromatic heterocycles. The summed E-state index contributed by atoms with van der Waals surface area (Å²) < 4.78 is 45.7. The van der Waals surface area contributed by atoms with Crippen molar-refractivity contribution in [3.8, 4) is 0 Å². The van der Waals surface area contributed by atoms with Gasteiger partial charge in [-0.1, -0.05) is 6.07 Å². The van der Waals surface area contributed by atoms with Gasteiger partial charge < -0.3 is 15.1 Å². The molecule has 2 heterocycles. The van der Waals surface area contributed by atoms with Crippen molar-refractivity contribution in [2.24, 2.45) is 0 Å². The van der Waals surface area contributed by atoms with Crippen LogP contribution < -0.4 is 10.6 Å². The fourth-order valence-corrected chi connectivity index (χ4v) is 4.94. The summed E-state index contributed by atoms with van der Waals surface area (Å²) in [6.45, 7) is 3.37. The lowest BCUT2D eigenvalue weighted by atomic mass is 9.93. The molecule has 1 atom stereocenters. The molecular formula is C20H20FN5O4S. The van der Waals surface area contributed by atoms with Gasteiger partial charge in [0, 0.05) is 18.3 Å². The molecule has 0 saturated carbocycles. The van der Waals surface area contributed by atoms with Gasteiger partial charge >= 0.3 is 5.91 Å². The molecule has 0 aliphatic carbocycles. The molecule has 0 radical (unpaired) electrons. The Bertz CT molecular complexity index is 1340. The van der Waals surface area contributed by atoms with Gasteiger partial charge in [-0.2, -0.15) is 0 Å². The molecule has 162 valence electrons. The lowest BCUT2D eigenvalue weighted by Gasteiger charge is -2.40. The summed E-state index contributed by atoms with van der Waals surface area (Å²) in [5.74, 6) is -2.28. The smallest absolute Gasteiger partial charge is 0.311 e. The second kappa shape index (κ2) is 7.05. The minimum atomic E-state index is -3.81. The molecule has 2 aromatic carbocycles. The van der Waals surface area contributed by atoms with E-state index in [9.17, 15) is 17.6 Å². The Kier molecular flexibility index (Phi) is 4.73. The van der Waals surface area contributed by atoms with E-state index in [0.29, 0.717) is 11.1 Å². The van der Waals surface area contributed by atoms with Crippen LogP contribution in [0.1, 0.15) is 28.7 Å². The molecule has 11 heteroatoms. The standard InChI is InChI=1S/C20H20FN5O4S/c1-11-4-7-15-16(8-11)30-18(24-15)17(27)23-12-5-6-14(21)13(9-12)20(2)10-31(28,29)26(3)19(22)25-20/h4-9H,10H2,1-3H3,(H2,22,25)(H,23,27)/t20-/m0/s1. The molecule has 31 heavy (non-hydrogen) atoms. The van der Waals surface area contributed by atoms with E-state index in [-0.39, 0.29) is 23.1 Å². The van der Waals surface area contributed by atoms with Crippen molar-refractivity contribution in [3.63, 3.8) is 0 Å². The van der Waals surface area contributed by atoms with Crippen LogP contribution in [0.15, 0.2) is 40.8 Å². The molecule has 3 N–H and O–H groups in total. The van der Waals surface area contributed by atoms with Crippen LogP contribution in [-0.4, -0.2) is 42.4 Å². The van der Waals surface area contributed by atoms with Gasteiger partial charge in [-0.05, 0) is 49.7 Å². The van der Waals surface area contributed by atoms with Crippen LogP contribution in [0.4, 0.5) is 10.1 Å². The van der Waals surface area contributed by atoms with E-state index in [1.165, 1.54) is 26.1 Å². The summed E-state index contributed by atoms with van der Waals surface area (Å²) in [6.07, 6.45) is 0. The summed E-state index contributed by atoms with van der Waals surface area (Å²) in [5.41, 5.74) is 0.783. The van der Waals surface area contributed by atoms with Gasteiger partial charge in [0.15, 0.2) is 5.58 Å². The van der Waals surface area contributed by atoms with Crippen LogP contribution >= 0.6 is 0 Å². The number of aromatic nitrogens is 1. The highest BCUT2D eigenvalue weighted by Gasteiger charge is 2.43. The second-order valence-electron chi connectivity index (χ2n) is 7.67. The Hall–Kier alpha value is -3.47. The maximum Gasteiger partial charge on any atom is 0.311 e. The number of oxazole rings is 1. The van der Waals surface area contributed by atoms with Gasteiger partial charge in [-0.3, -0.25) is 10.2 Å². The number of nitrogens with zero attached hydrogens (tertiary/aromatic N) is 2. The molecule has 0 unspecified atom stereocenters. The van der Waals surface area contributed by atoms with Crippen molar-refractivity contribution in [1.29, 1.82) is 5.41 Å². The van der Waals surface area contributed by atoms with Gasteiger partial charge in [0.25, 0.3) is 5.89 Å². The number of anilines is 1. The number of aryl methyl sites for hydroxylation is 1. The fraction of sp³-hybridized carbons (Fsp3) is 0.250. The third-order valence-corrected chi connectivity index (χ3v) is 7.11. The number of sulfonamides is 1. The molecule has 1 aliphatic heterocycles. The number of hydrogen-bond acceptors (Lipinski definition) is 6. The second-order valence-corrected chi connectivity index (χ2v) is 9.67. The van der Waals surface area contributed by atoms with Crippen molar-refractivity contribution >= 4 is 38.7 Å². The maximum atomic E-state index is 14.7. The number of amides is 1. The maximum absolute atomic E-state index is 14.7. The molecule has 3 aromatic rings. The number of carbonyl (C=O) groups excluding carboxylic acids is 1. The van der Waals surface area contributed by atoms with Crippen molar-refractivity contribution in [2.75, 3.05) is 18.1 Å². The minimum Gasteiger partial charge on any atom is -0.432 e. The summed E-state index contributed by atoms with van der Waals surface area (Å²) in [4.78, 5) is 16.8. The normalized spacial score (nSPS) is 20.5. The van der Waals surface area contributed by atoms with Gasteiger partial charge in [0.05, 0.1) is 11.3 Å². The van der Waals surface area contributed by atoms with E-state index in [1.807, 2.05) is 13.0 Å². The number of carbonyl (C=O) groups is 1. The molecule has 1 fully saturated rings. The van der Waals surface area contributed by atoms with E-state index in [4.69, 9.17) is 9.83 Å². The highest BCUT2D eigenvalue weighted by atomic mass is 32.2. The monoisotopic (exact) mass is 445 g/mol. The van der Waals surface area contributed by atoms with Gasteiger partial charge in [0.2, 0.25) is 16.0 Å². The Labute approximate surface area is 177 Å². The van der Waals surface area contributed by atoms with Crippen LogP contribution in [0.25, 0.3) is 11.1 Å². The fourth-order valence-electron chi connectivity index (χ4n) is 3.46. The van der Waals surface area contributed by atoms with E-state index >= 15 is 0 Å². The van der Waals surface area contributed by atoms with Crippen LogP contribution in [0, 0.1) is 18.2 Å². The predicted molar refractivity (Wildman–Crippen MR) is 113 cm³/mol. The molecule has 0 spiro atoms. The number of nitrogens with one attached hydrogen (secondary N) is 3. The summed E-state index contributed by atoms with van der Waals surface area (Å²) in [5, 5.41) is 13.2. The van der Waals surface area contributed by atoms with E-state index in [0.717, 1.165) is 15.9 Å². The highest BCUT2D eigenvalue weighted by Crippen LogP contribution is 2.31. The number of hydrogen-bond donors (Lipinski definition) is 3. The average Bonchev–Trinajstić information content (AvgIpc) is 3.10. The lowest BCUT2D eigenvalue weighted by molar-refractivity contribution is 0.0992. The zero-order valence-corrected chi connectivity index (χ0v) is 17.8. The van der Waals surface area contributed by atoms with Crippen LogP contribution in [0.2, 0.25) is 0 Å². The third kappa shape index (κ3) is 3.72. The van der Waals surface area contributed by atoms with E-state index in [1.54, 1.807) is 12.1 Å². The molecule has 9 nitrogen and oxygen atoms in total. The zero-order valence-electron chi connectivity index (χ0n) is 17.0. The summed E-state index contributed by atoms with van der Waals surface area (Å²) >= 11 is 0. The number of guanidine groups is 1. The molecular weight excluding hydrogens is 425 g/mol. The summed E-state index contributed by atoms with van der Waals surface area (Å²) in [6, 6.07) is 9.16. The molecule has 1 aliphatic rings. The largest absolute Gasteiger partial charge is 0.432 e. The first-order valence-corrected chi connectivity index (χ1v) is 10.9. The van der Waals surface area contributed by atoms with Crippen molar-refractivity contribution in [2.45, 2.75) is 19.4 Å². The van der Waals surface area contributed by atoms with Crippen LogP contribution in [0.5, 0.6) is 0 Å². The first-order valence-electron chi connectivity index (χ1n) is 9.30. The summed E-state index contributed by atoms with van der Waals surface area (Å²) in [7, 11) is -2.56. The average molecular weight is 445 g/mol. The Morgan fingerprint density at radius 2 is 2.06 bits per heavy atom. The first-order chi connectivity index (χ1) is 14.5. The van der Waals surface area contributed by atoms with Crippen molar-refractivity contribution in [1.82, 2.24) is 14.6 Å². The minimum absolute atomic E-state index is 0.0000787. The molecule has 1 saturated heterocycles. The van der Waals surface area contributed by atoms with Crippen LogP contribution in [0.3, 0.4) is 0 Å². The molecule has 1 amide bonds. The SMILES string of the molecule is Cc1ccc2nc(C(=O)Nc3ccc(F)c([C@]4(C)CS(=O)(=O)N(C)C(=N)N4)c3)oc2c1. The molecule has 4 rings (SSSR count). The predicted octanol–water partition coefficient (Wildman–Crippen LogP) is 2.54. The van der Waals surface area contributed by atoms with E-state index < -0.39 is 33.0 Å². The molecule has 0 bridgehead atoms. The zero-order chi connectivity index (χ0) is 22.6. The topological polar surface area (TPSA) is 128 Å². The number of halogens is 1. The Balaban J connectivity index is 1.64. The third-order valence-electron chi connectivity index (χ3n) is 5.15. The van der Waals surface area contributed by atoms with Crippen molar-refractivity contribution in [3.05, 3.63) is 59.2 Å².